The van der Waals surface area contributed by atoms with Gasteiger partial charge in [0.25, 0.3) is 0 Å². The number of Topliss-reactive ketones (excluding diaryl/α,β-unsaturated/α-hetero) is 1. The molecule has 0 unspecified atom stereocenters. The third-order valence-corrected chi connectivity index (χ3v) is 1.64. The standard InChI is InChI=1S/C3H7O3PS.2Na/c1-3(4)2-7(5,6)8;;/h2H2,1H3,(H2,5,6,8);;/q;2*+1/p-2. The van der Waals surface area contributed by atoms with Gasteiger partial charge in [0.1, 0.15) is 5.78 Å². The zero-order chi connectivity index (χ0) is 6.78. The van der Waals surface area contributed by atoms with Crippen molar-refractivity contribution < 1.29 is 73.7 Å². The van der Waals surface area contributed by atoms with E-state index in [9.17, 15) is 14.6 Å². The molecule has 0 atom stereocenters. The molecule has 7 heteroatoms. The van der Waals surface area contributed by atoms with Crippen LogP contribution in [0.3, 0.4) is 0 Å². The Kier molecular flexibility index (Phi) is 14.2. The van der Waals surface area contributed by atoms with Crippen LogP contribution in [0.1, 0.15) is 6.92 Å². The van der Waals surface area contributed by atoms with Crippen LogP contribution in [-0.2, 0) is 16.6 Å². The molecule has 0 radical (unpaired) electrons. The SMILES string of the molecule is CC(=O)CP([O-])([O-])=S.[Na+].[Na+]. The van der Waals surface area contributed by atoms with E-state index >= 15 is 0 Å². The van der Waals surface area contributed by atoms with Crippen LogP contribution in [0.15, 0.2) is 0 Å². The molecule has 0 saturated carbocycles. The Morgan fingerprint density at radius 3 is 1.80 bits per heavy atom. The first-order chi connectivity index (χ1) is 3.42. The van der Waals surface area contributed by atoms with Gasteiger partial charge in [0.2, 0.25) is 0 Å². The minimum Gasteiger partial charge on any atom is -0.832 e. The van der Waals surface area contributed by atoms with Crippen LogP contribution in [0, 0.1) is 0 Å². The molecule has 48 valence electrons. The van der Waals surface area contributed by atoms with E-state index in [0.29, 0.717) is 0 Å². The van der Waals surface area contributed by atoms with E-state index in [2.05, 4.69) is 11.8 Å². The first kappa shape index (κ1) is 18.1. The van der Waals surface area contributed by atoms with Gasteiger partial charge >= 0.3 is 59.1 Å². The molecule has 0 saturated heterocycles. The molecule has 0 aromatic carbocycles. The second kappa shape index (κ2) is 7.87. The van der Waals surface area contributed by atoms with Crippen LogP contribution >= 0.6 is 6.49 Å². The summed E-state index contributed by atoms with van der Waals surface area (Å²) in [7, 11) is 0. The smallest absolute Gasteiger partial charge is 0.832 e. The maximum absolute atomic E-state index is 10.1. The summed E-state index contributed by atoms with van der Waals surface area (Å²) >= 11 is 3.94. The summed E-state index contributed by atoms with van der Waals surface area (Å²) in [5.74, 6) is -0.404. The van der Waals surface area contributed by atoms with Crippen molar-refractivity contribution in [2.45, 2.75) is 6.92 Å². The average Bonchev–Trinajstić information content (AvgIpc) is 1.21. The molecule has 0 rings (SSSR count). The second-order valence-electron chi connectivity index (χ2n) is 1.47. The molecule has 0 fully saturated rings. The minimum absolute atomic E-state index is 0. The van der Waals surface area contributed by atoms with Crippen LogP contribution < -0.4 is 68.9 Å². The summed E-state index contributed by atoms with van der Waals surface area (Å²) < 4.78 is 0. The second-order valence-corrected chi connectivity index (χ2v) is 4.68. The molecule has 0 heterocycles. The molecular formula is C3H5Na2O3PS. The maximum atomic E-state index is 10.1. The van der Waals surface area contributed by atoms with E-state index in [1.54, 1.807) is 0 Å². The molecule has 0 spiro atoms. The summed E-state index contributed by atoms with van der Waals surface area (Å²) in [5, 5.41) is 0. The molecule has 0 N–H and O–H groups in total. The predicted octanol–water partition coefficient (Wildman–Crippen LogP) is -7.39. The Balaban J connectivity index is -0.000000245. The largest absolute Gasteiger partial charge is 1.00 e. The molecule has 0 amide bonds. The van der Waals surface area contributed by atoms with Crippen molar-refractivity contribution in [2.75, 3.05) is 6.16 Å². The van der Waals surface area contributed by atoms with Gasteiger partial charge in [-0.05, 0) is 6.92 Å². The van der Waals surface area contributed by atoms with Gasteiger partial charge in [-0.1, -0.05) is 0 Å². The van der Waals surface area contributed by atoms with Crippen molar-refractivity contribution in [3.63, 3.8) is 0 Å². The van der Waals surface area contributed by atoms with E-state index in [0.717, 1.165) is 0 Å². The maximum Gasteiger partial charge on any atom is 1.00 e. The normalized spacial score (nSPS) is 9.10. The summed E-state index contributed by atoms with van der Waals surface area (Å²) in [6, 6.07) is 0. The quantitative estimate of drug-likeness (QED) is 0.326. The molecule has 0 aliphatic rings. The fourth-order valence-electron chi connectivity index (χ4n) is 0.273. The van der Waals surface area contributed by atoms with Crippen molar-refractivity contribution in [3.05, 3.63) is 0 Å². The Morgan fingerprint density at radius 1 is 1.50 bits per heavy atom. The van der Waals surface area contributed by atoms with Gasteiger partial charge in [-0.15, -0.1) is 11.8 Å². The van der Waals surface area contributed by atoms with E-state index in [1.165, 1.54) is 6.92 Å². The summed E-state index contributed by atoms with van der Waals surface area (Å²) in [5.41, 5.74) is 0. The Bertz CT molecular complexity index is 145. The average molecular weight is 198 g/mol. The topological polar surface area (TPSA) is 63.2 Å². The predicted molar refractivity (Wildman–Crippen MR) is 29.8 cm³/mol. The van der Waals surface area contributed by atoms with Crippen LogP contribution in [0.4, 0.5) is 0 Å². The molecule has 0 aliphatic carbocycles. The van der Waals surface area contributed by atoms with E-state index in [-0.39, 0.29) is 59.1 Å². The monoisotopic (exact) mass is 198 g/mol. The van der Waals surface area contributed by atoms with Crippen molar-refractivity contribution in [1.82, 2.24) is 0 Å². The molecule has 0 aromatic rings. The van der Waals surface area contributed by atoms with Gasteiger partial charge in [0, 0.05) is 6.16 Å². The van der Waals surface area contributed by atoms with E-state index in [4.69, 9.17) is 0 Å². The van der Waals surface area contributed by atoms with Gasteiger partial charge in [0.05, 0.1) is 0 Å². The van der Waals surface area contributed by atoms with Gasteiger partial charge in [-0.3, -0.25) is 4.79 Å². The van der Waals surface area contributed by atoms with Crippen molar-refractivity contribution in [1.29, 1.82) is 0 Å². The van der Waals surface area contributed by atoms with Crippen LogP contribution in [0.2, 0.25) is 0 Å². The zero-order valence-corrected chi connectivity index (χ0v) is 12.0. The molecule has 10 heavy (non-hydrogen) atoms. The minimum atomic E-state index is -3.74. The van der Waals surface area contributed by atoms with Gasteiger partial charge in [0.15, 0.2) is 0 Å². The van der Waals surface area contributed by atoms with Crippen LogP contribution in [0.5, 0.6) is 0 Å². The Morgan fingerprint density at radius 2 is 1.80 bits per heavy atom. The first-order valence-electron chi connectivity index (χ1n) is 1.92. The van der Waals surface area contributed by atoms with Crippen molar-refractivity contribution >= 4 is 24.1 Å². The van der Waals surface area contributed by atoms with Gasteiger partial charge < -0.3 is 9.79 Å². The number of ketones is 1. The molecular weight excluding hydrogens is 193 g/mol. The number of rotatable bonds is 2. The molecule has 0 aliphatic heterocycles. The molecule has 0 bridgehead atoms. The van der Waals surface area contributed by atoms with Crippen LogP contribution in [-0.4, -0.2) is 11.9 Å². The fourth-order valence-corrected chi connectivity index (χ4v) is 1.36. The summed E-state index contributed by atoms with van der Waals surface area (Å²) in [6.07, 6.45) is -0.498. The zero-order valence-electron chi connectivity index (χ0n) is 6.29. The van der Waals surface area contributed by atoms with E-state index in [1.807, 2.05) is 0 Å². The Labute approximate surface area is 109 Å². The van der Waals surface area contributed by atoms with E-state index < -0.39 is 18.4 Å². The fraction of sp³-hybridized carbons (Fsp3) is 0.667. The third-order valence-electron chi connectivity index (χ3n) is 0.416. The summed E-state index contributed by atoms with van der Waals surface area (Å²) in [4.78, 5) is 30.1. The van der Waals surface area contributed by atoms with Crippen molar-refractivity contribution in [3.8, 4) is 0 Å². The molecule has 0 aromatic heterocycles. The van der Waals surface area contributed by atoms with Gasteiger partial charge in [-0.2, -0.15) is 0 Å². The van der Waals surface area contributed by atoms with Crippen molar-refractivity contribution in [2.24, 2.45) is 0 Å². The number of carbonyl (C=O) groups excluding carboxylic acids is 1. The summed E-state index contributed by atoms with van der Waals surface area (Å²) in [6.45, 7) is -2.55. The first-order valence-corrected chi connectivity index (χ1v) is 4.74. The Hall–Kier alpha value is 2.24. The van der Waals surface area contributed by atoms with Crippen LogP contribution in [0.25, 0.3) is 0 Å². The number of carbonyl (C=O) groups is 1. The number of hydrogen-bond acceptors (Lipinski definition) is 4. The van der Waals surface area contributed by atoms with Gasteiger partial charge in [-0.25, -0.2) is 6.49 Å². The number of hydrogen-bond donors (Lipinski definition) is 0. The third kappa shape index (κ3) is 16.7. The molecule has 3 nitrogen and oxygen atoms in total.